The lowest BCUT2D eigenvalue weighted by Crippen LogP contribution is -2.60. The number of rotatable bonds is 13. The molecule has 0 aliphatic rings. The fourth-order valence-corrected chi connectivity index (χ4v) is 2.86. The predicted molar refractivity (Wildman–Crippen MR) is 115 cm³/mol. The summed E-state index contributed by atoms with van der Waals surface area (Å²) < 4.78 is 0. The molecule has 0 spiro atoms. The van der Waals surface area contributed by atoms with Gasteiger partial charge in [-0.2, -0.15) is 0 Å². The van der Waals surface area contributed by atoms with Crippen molar-refractivity contribution in [2.45, 2.75) is 91.9 Å². The van der Waals surface area contributed by atoms with E-state index < -0.39 is 47.9 Å². The number of hydrogen-bond acceptors (Lipinski definition) is 5. The number of carboxylic acids is 1. The molecule has 0 radical (unpaired) electrons. The van der Waals surface area contributed by atoms with Gasteiger partial charge >= 0.3 is 5.97 Å². The van der Waals surface area contributed by atoms with Gasteiger partial charge in [0.25, 0.3) is 0 Å². The van der Waals surface area contributed by atoms with Gasteiger partial charge in [0, 0.05) is 0 Å². The van der Waals surface area contributed by atoms with E-state index in [1.807, 2.05) is 34.6 Å². The van der Waals surface area contributed by atoms with Gasteiger partial charge in [0.2, 0.25) is 17.7 Å². The van der Waals surface area contributed by atoms with Crippen LogP contribution in [-0.4, -0.2) is 53.0 Å². The molecule has 0 rings (SSSR count). The zero-order valence-electron chi connectivity index (χ0n) is 19.3. The van der Waals surface area contributed by atoms with E-state index in [2.05, 4.69) is 16.0 Å². The van der Waals surface area contributed by atoms with E-state index >= 15 is 0 Å². The Hall–Kier alpha value is -2.16. The summed E-state index contributed by atoms with van der Waals surface area (Å²) in [6.45, 7) is 12.5. The molecule has 0 aromatic heterocycles. The SMILES string of the molecule is CCC(C)C(NC(=O)C(NC(=O)C(NC(=O)C(C)N)C(C)CC)C(C)CC)C(=O)O. The number of amides is 3. The molecule has 7 unspecified atom stereocenters. The molecule has 0 fully saturated rings. The highest BCUT2D eigenvalue weighted by Crippen LogP contribution is 2.14. The fraction of sp³-hybridized carbons (Fsp3) is 0.810. The molecule has 174 valence electrons. The summed E-state index contributed by atoms with van der Waals surface area (Å²) in [4.78, 5) is 49.5. The van der Waals surface area contributed by atoms with E-state index in [9.17, 15) is 24.3 Å². The quantitative estimate of drug-likeness (QED) is 0.295. The second kappa shape index (κ2) is 13.2. The van der Waals surface area contributed by atoms with Gasteiger partial charge in [-0.15, -0.1) is 0 Å². The van der Waals surface area contributed by atoms with Gasteiger partial charge in [0.05, 0.1) is 6.04 Å². The van der Waals surface area contributed by atoms with Gasteiger partial charge in [0.15, 0.2) is 0 Å². The van der Waals surface area contributed by atoms with Gasteiger partial charge in [-0.1, -0.05) is 60.8 Å². The highest BCUT2D eigenvalue weighted by atomic mass is 16.4. The molecule has 3 amide bonds. The molecule has 0 saturated heterocycles. The molecule has 0 aliphatic heterocycles. The fourth-order valence-electron chi connectivity index (χ4n) is 2.86. The normalized spacial score (nSPS) is 18.1. The number of carbonyl (C=O) groups is 4. The topological polar surface area (TPSA) is 151 Å². The van der Waals surface area contributed by atoms with Crippen LogP contribution in [0.25, 0.3) is 0 Å². The average molecular weight is 429 g/mol. The van der Waals surface area contributed by atoms with Crippen molar-refractivity contribution in [2.24, 2.45) is 23.5 Å². The second-order valence-electron chi connectivity index (χ2n) is 8.24. The third-order valence-electron chi connectivity index (χ3n) is 5.78. The molecule has 0 aliphatic carbocycles. The maximum absolute atomic E-state index is 13.0. The molecule has 9 nitrogen and oxygen atoms in total. The minimum Gasteiger partial charge on any atom is -0.480 e. The maximum Gasteiger partial charge on any atom is 0.326 e. The minimum atomic E-state index is -1.12. The summed E-state index contributed by atoms with van der Waals surface area (Å²) in [5.41, 5.74) is 5.61. The zero-order chi connectivity index (χ0) is 23.6. The first-order valence-corrected chi connectivity index (χ1v) is 10.8. The Morgan fingerprint density at radius 3 is 1.27 bits per heavy atom. The Labute approximate surface area is 179 Å². The van der Waals surface area contributed by atoms with Crippen molar-refractivity contribution < 1.29 is 24.3 Å². The Morgan fingerprint density at radius 1 is 0.667 bits per heavy atom. The number of nitrogens with two attached hydrogens (primary N) is 1. The average Bonchev–Trinajstić information content (AvgIpc) is 2.71. The van der Waals surface area contributed by atoms with E-state index in [4.69, 9.17) is 5.73 Å². The zero-order valence-corrected chi connectivity index (χ0v) is 19.3. The standard InChI is InChI=1S/C21H40N4O5/c1-8-11(4)15(23-18(26)14(7)22)19(27)24-16(12(5)9-2)20(28)25-17(21(29)30)13(6)10-3/h11-17H,8-10,22H2,1-7H3,(H,23,26)(H,24,27)(H,25,28)(H,29,30). The van der Waals surface area contributed by atoms with E-state index in [1.54, 1.807) is 6.92 Å². The van der Waals surface area contributed by atoms with E-state index in [1.165, 1.54) is 6.92 Å². The summed E-state index contributed by atoms with van der Waals surface area (Å²) in [5, 5.41) is 17.4. The van der Waals surface area contributed by atoms with Crippen LogP contribution in [0.5, 0.6) is 0 Å². The lowest BCUT2D eigenvalue weighted by atomic mass is 9.93. The largest absolute Gasteiger partial charge is 0.480 e. The number of hydrogen-bond donors (Lipinski definition) is 5. The highest BCUT2D eigenvalue weighted by Gasteiger charge is 2.34. The smallest absolute Gasteiger partial charge is 0.326 e. The number of nitrogens with one attached hydrogen (secondary N) is 3. The van der Waals surface area contributed by atoms with Crippen LogP contribution in [0.15, 0.2) is 0 Å². The molecule has 0 aromatic carbocycles. The first kappa shape index (κ1) is 27.8. The lowest BCUT2D eigenvalue weighted by molar-refractivity contribution is -0.144. The van der Waals surface area contributed by atoms with Gasteiger partial charge in [-0.05, 0) is 24.7 Å². The third-order valence-corrected chi connectivity index (χ3v) is 5.78. The summed E-state index contributed by atoms with van der Waals surface area (Å²) >= 11 is 0. The minimum absolute atomic E-state index is 0.180. The first-order valence-electron chi connectivity index (χ1n) is 10.8. The van der Waals surface area contributed by atoms with Gasteiger partial charge in [-0.3, -0.25) is 14.4 Å². The maximum atomic E-state index is 13.0. The van der Waals surface area contributed by atoms with E-state index in [-0.39, 0.29) is 17.8 Å². The van der Waals surface area contributed by atoms with Crippen LogP contribution in [0.2, 0.25) is 0 Å². The number of aliphatic carboxylic acids is 1. The summed E-state index contributed by atoms with van der Waals surface area (Å²) in [7, 11) is 0. The molecular formula is C21H40N4O5. The van der Waals surface area contributed by atoms with Crippen LogP contribution in [0.3, 0.4) is 0 Å². The Bertz CT molecular complexity index is 596. The van der Waals surface area contributed by atoms with E-state index in [0.717, 1.165) is 0 Å². The van der Waals surface area contributed by atoms with Crippen LogP contribution < -0.4 is 21.7 Å². The van der Waals surface area contributed by atoms with Crippen LogP contribution in [0, 0.1) is 17.8 Å². The monoisotopic (exact) mass is 428 g/mol. The van der Waals surface area contributed by atoms with Crippen molar-refractivity contribution in [3.05, 3.63) is 0 Å². The van der Waals surface area contributed by atoms with Crippen molar-refractivity contribution in [2.75, 3.05) is 0 Å². The second-order valence-corrected chi connectivity index (χ2v) is 8.24. The van der Waals surface area contributed by atoms with Gasteiger partial charge in [0.1, 0.15) is 18.1 Å². The lowest BCUT2D eigenvalue weighted by Gasteiger charge is -2.30. The van der Waals surface area contributed by atoms with Crippen LogP contribution >= 0.6 is 0 Å². The van der Waals surface area contributed by atoms with Crippen molar-refractivity contribution in [1.82, 2.24) is 16.0 Å². The summed E-state index contributed by atoms with van der Waals surface area (Å²) in [6, 6.07) is -3.59. The molecule has 7 atom stereocenters. The number of carbonyl (C=O) groups excluding carboxylic acids is 3. The Morgan fingerprint density at radius 2 is 0.967 bits per heavy atom. The van der Waals surface area contributed by atoms with E-state index in [0.29, 0.717) is 19.3 Å². The van der Waals surface area contributed by atoms with Gasteiger partial charge < -0.3 is 26.8 Å². The van der Waals surface area contributed by atoms with Crippen molar-refractivity contribution >= 4 is 23.7 Å². The molecule has 0 aromatic rings. The highest BCUT2D eigenvalue weighted by molar-refractivity contribution is 5.94. The molecule has 0 heterocycles. The van der Waals surface area contributed by atoms with Crippen LogP contribution in [0.1, 0.15) is 67.7 Å². The third kappa shape index (κ3) is 8.30. The molecule has 30 heavy (non-hydrogen) atoms. The van der Waals surface area contributed by atoms with Crippen LogP contribution in [0.4, 0.5) is 0 Å². The number of carboxylic acid groups (broad SMARTS) is 1. The van der Waals surface area contributed by atoms with Gasteiger partial charge in [-0.25, -0.2) is 4.79 Å². The summed E-state index contributed by atoms with van der Waals surface area (Å²) in [5.74, 6) is -3.29. The molecular weight excluding hydrogens is 388 g/mol. The van der Waals surface area contributed by atoms with Crippen molar-refractivity contribution in [3.8, 4) is 0 Å². The van der Waals surface area contributed by atoms with Crippen molar-refractivity contribution in [1.29, 1.82) is 0 Å². The summed E-state index contributed by atoms with van der Waals surface area (Å²) in [6.07, 6.45) is 1.81. The Balaban J connectivity index is 5.60. The molecule has 0 saturated carbocycles. The first-order chi connectivity index (χ1) is 13.9. The molecule has 9 heteroatoms. The molecule has 0 bridgehead atoms. The van der Waals surface area contributed by atoms with Crippen molar-refractivity contribution in [3.63, 3.8) is 0 Å². The predicted octanol–water partition coefficient (Wildman–Crippen LogP) is 1.01. The Kier molecular flexibility index (Phi) is 12.3. The molecule has 6 N–H and O–H groups in total. The van der Waals surface area contributed by atoms with Crippen LogP contribution in [-0.2, 0) is 19.2 Å².